The maximum atomic E-state index is 13.7. The number of hydrogen-bond acceptors (Lipinski definition) is 8. The maximum Gasteiger partial charge on any atom is 0.408 e. The molecular weight excluding hydrogens is 623 g/mol. The van der Waals surface area contributed by atoms with E-state index in [-0.39, 0.29) is 25.9 Å². The van der Waals surface area contributed by atoms with E-state index in [9.17, 15) is 22.8 Å². The number of alkyl carbamates (subject to hydrolysis) is 1. The predicted octanol–water partition coefficient (Wildman–Crippen LogP) is 5.13. The fraction of sp³-hybridized carbons (Fsp3) is 0.607. The van der Waals surface area contributed by atoms with E-state index in [1.807, 2.05) is 17.1 Å². The van der Waals surface area contributed by atoms with Crippen LogP contribution in [0.3, 0.4) is 0 Å². The number of nitrogens with zero attached hydrogens (tertiary/aromatic N) is 1. The molecule has 3 heterocycles. The fourth-order valence-corrected chi connectivity index (χ4v) is 8.65. The first kappa shape index (κ1) is 32.6. The van der Waals surface area contributed by atoms with E-state index >= 15 is 0 Å². The molecule has 14 heteroatoms. The lowest BCUT2D eigenvalue weighted by Gasteiger charge is -2.34. The van der Waals surface area contributed by atoms with Gasteiger partial charge in [-0.2, -0.15) is 0 Å². The second-order valence-electron chi connectivity index (χ2n) is 12.0. The Morgan fingerprint density at radius 3 is 2.60 bits per heavy atom. The second-order valence-corrected chi connectivity index (χ2v) is 15.9. The lowest BCUT2D eigenvalue weighted by atomic mass is 10.0. The third-order valence-corrected chi connectivity index (χ3v) is 10.7. The molecule has 232 valence electrons. The largest absolute Gasteiger partial charge is 0.444 e. The molecule has 10 nitrogen and oxygen atoms in total. The standard InChI is InChI=1S/C28H38Cl2N4O6S2/c1-17-19(31-26(37)40-27(2,3)4)12-9-7-5-6-8-11-18-16-28(18,32-24(35)20-13-10-14-34(17)20)25(36)33-42(38,39)21-15-22(29)41-23(21)30/h8,11,15,18-20H,1,5-7,9-10,12-14,16H2,2-4H3,(H,31,37)(H,32,35)(H,33,36)/b11-8-/t18-,19+,20+,28-/m1/s1. The Bertz CT molecular complexity index is 1370. The Balaban J connectivity index is 1.57. The van der Waals surface area contributed by atoms with Crippen molar-refractivity contribution < 1.29 is 27.5 Å². The van der Waals surface area contributed by atoms with Gasteiger partial charge in [0.1, 0.15) is 26.4 Å². The highest BCUT2D eigenvalue weighted by atomic mass is 35.5. The number of halogens is 2. The Morgan fingerprint density at radius 2 is 1.93 bits per heavy atom. The lowest BCUT2D eigenvalue weighted by Crippen LogP contribution is -2.56. The molecule has 0 unspecified atom stereocenters. The zero-order chi connectivity index (χ0) is 30.9. The summed E-state index contributed by atoms with van der Waals surface area (Å²) < 4.78 is 33.8. The molecule has 42 heavy (non-hydrogen) atoms. The minimum absolute atomic E-state index is 0.0641. The summed E-state index contributed by atoms with van der Waals surface area (Å²) in [6, 6.07) is 0.111. The maximum absolute atomic E-state index is 13.7. The van der Waals surface area contributed by atoms with Crippen LogP contribution < -0.4 is 15.4 Å². The molecule has 1 aliphatic carbocycles. The van der Waals surface area contributed by atoms with Crippen molar-refractivity contribution in [2.24, 2.45) is 5.92 Å². The van der Waals surface area contributed by atoms with Crippen molar-refractivity contribution in [1.82, 2.24) is 20.3 Å². The first-order valence-electron chi connectivity index (χ1n) is 14.1. The van der Waals surface area contributed by atoms with E-state index in [4.69, 9.17) is 27.9 Å². The average molecular weight is 662 g/mol. The topological polar surface area (TPSA) is 134 Å². The zero-order valence-electron chi connectivity index (χ0n) is 24.0. The van der Waals surface area contributed by atoms with Gasteiger partial charge in [-0.15, -0.1) is 11.3 Å². The van der Waals surface area contributed by atoms with Crippen LogP contribution in [0.1, 0.15) is 72.1 Å². The molecule has 0 radical (unpaired) electrons. The van der Waals surface area contributed by atoms with E-state index in [0.717, 1.165) is 37.0 Å². The molecule has 3 N–H and O–H groups in total. The molecule has 1 aromatic rings. The minimum Gasteiger partial charge on any atom is -0.444 e. The average Bonchev–Trinajstić information content (AvgIpc) is 3.18. The van der Waals surface area contributed by atoms with Crippen molar-refractivity contribution in [3.8, 4) is 0 Å². The number of amides is 3. The molecule has 4 atom stereocenters. The van der Waals surface area contributed by atoms with Crippen LogP contribution in [0.4, 0.5) is 4.79 Å². The highest BCUT2D eigenvalue weighted by Crippen LogP contribution is 2.46. The van der Waals surface area contributed by atoms with Crippen molar-refractivity contribution in [3.05, 3.63) is 39.2 Å². The van der Waals surface area contributed by atoms with E-state index in [1.165, 1.54) is 6.07 Å². The molecule has 0 bridgehead atoms. The SMILES string of the molecule is C=C1[C@@H](NC(=O)OC(C)(C)C)CCCCC/C=C\[C@@H]2C[C@@]2(C(=O)NS(=O)(=O)c2cc(Cl)sc2Cl)NC(=O)[C@@H]2CCCN12. The van der Waals surface area contributed by atoms with Gasteiger partial charge >= 0.3 is 6.09 Å². The lowest BCUT2D eigenvalue weighted by molar-refractivity contribution is -0.131. The van der Waals surface area contributed by atoms with E-state index < -0.39 is 51.2 Å². The number of carbonyl (C=O) groups excluding carboxylic acids is 3. The Kier molecular flexibility index (Phi) is 9.91. The zero-order valence-corrected chi connectivity index (χ0v) is 27.1. The van der Waals surface area contributed by atoms with Gasteiger partial charge in [0.15, 0.2) is 0 Å². The highest BCUT2D eigenvalue weighted by Gasteiger charge is 2.61. The number of sulfonamides is 1. The molecule has 1 aromatic heterocycles. The van der Waals surface area contributed by atoms with Gasteiger partial charge in [-0.1, -0.05) is 54.8 Å². The van der Waals surface area contributed by atoms with E-state index in [2.05, 4.69) is 21.9 Å². The number of fused-ring (bicyclic) bond motifs is 2. The van der Waals surface area contributed by atoms with Crippen LogP contribution >= 0.6 is 34.5 Å². The van der Waals surface area contributed by atoms with Gasteiger partial charge in [-0.3, -0.25) is 9.59 Å². The van der Waals surface area contributed by atoms with Gasteiger partial charge in [0.2, 0.25) is 5.91 Å². The van der Waals surface area contributed by atoms with Gasteiger partial charge in [-0.05, 0) is 65.4 Å². The predicted molar refractivity (Wildman–Crippen MR) is 163 cm³/mol. The summed E-state index contributed by atoms with van der Waals surface area (Å²) in [4.78, 5) is 41.5. The summed E-state index contributed by atoms with van der Waals surface area (Å²) in [6.07, 6.45) is 8.78. The quantitative estimate of drug-likeness (QED) is 0.381. The number of allylic oxidation sites excluding steroid dienone is 1. The summed E-state index contributed by atoms with van der Waals surface area (Å²) >= 11 is 12.9. The molecular formula is C28H38Cl2N4O6S2. The molecule has 3 aliphatic rings. The van der Waals surface area contributed by atoms with Crippen molar-refractivity contribution in [2.75, 3.05) is 6.54 Å². The molecule has 2 fully saturated rings. The number of carbonyl (C=O) groups is 3. The number of thiophene rings is 1. The summed E-state index contributed by atoms with van der Waals surface area (Å²) in [5.41, 5.74) is -1.50. The number of hydrogen-bond donors (Lipinski definition) is 3. The van der Waals surface area contributed by atoms with Crippen LogP contribution in [0.25, 0.3) is 0 Å². The number of ether oxygens (including phenoxy) is 1. The van der Waals surface area contributed by atoms with E-state index in [1.54, 1.807) is 20.8 Å². The smallest absolute Gasteiger partial charge is 0.408 e. The van der Waals surface area contributed by atoms with Crippen molar-refractivity contribution >= 4 is 62.5 Å². The molecule has 1 saturated heterocycles. The van der Waals surface area contributed by atoms with Gasteiger partial charge in [0.05, 0.1) is 10.4 Å². The minimum atomic E-state index is -4.33. The van der Waals surface area contributed by atoms with Crippen LogP contribution in [-0.4, -0.2) is 61.0 Å². The summed E-state index contributed by atoms with van der Waals surface area (Å²) in [5, 5.41) is 5.83. The Morgan fingerprint density at radius 1 is 1.19 bits per heavy atom. The van der Waals surface area contributed by atoms with Crippen molar-refractivity contribution in [1.29, 1.82) is 0 Å². The van der Waals surface area contributed by atoms with Crippen LogP contribution in [0.15, 0.2) is 35.4 Å². The first-order chi connectivity index (χ1) is 19.6. The molecule has 2 aliphatic heterocycles. The van der Waals surface area contributed by atoms with Crippen LogP contribution in [0.5, 0.6) is 0 Å². The van der Waals surface area contributed by atoms with Crippen molar-refractivity contribution in [3.63, 3.8) is 0 Å². The molecule has 0 aromatic carbocycles. The third-order valence-electron chi connectivity index (χ3n) is 7.66. The molecule has 3 amide bonds. The van der Waals surface area contributed by atoms with Gasteiger partial charge in [0.25, 0.3) is 15.9 Å². The second kappa shape index (κ2) is 12.8. The monoisotopic (exact) mass is 660 g/mol. The van der Waals surface area contributed by atoms with Crippen LogP contribution in [-0.2, 0) is 24.3 Å². The molecule has 4 rings (SSSR count). The normalized spacial score (nSPS) is 27.9. The molecule has 1 saturated carbocycles. The molecule has 0 spiro atoms. The summed E-state index contributed by atoms with van der Waals surface area (Å²) in [5.74, 6) is -1.61. The highest BCUT2D eigenvalue weighted by molar-refractivity contribution is 7.90. The third kappa shape index (κ3) is 7.62. The van der Waals surface area contributed by atoms with Gasteiger partial charge < -0.3 is 20.3 Å². The first-order valence-corrected chi connectivity index (χ1v) is 17.1. The summed E-state index contributed by atoms with van der Waals surface area (Å²) in [7, 11) is -4.33. The van der Waals surface area contributed by atoms with Gasteiger partial charge in [-0.25, -0.2) is 17.9 Å². The Hall–Kier alpha value is -2.28. The van der Waals surface area contributed by atoms with E-state index in [0.29, 0.717) is 31.5 Å². The van der Waals surface area contributed by atoms with Crippen molar-refractivity contribution in [2.45, 2.75) is 100 Å². The fourth-order valence-electron chi connectivity index (χ4n) is 5.46. The van der Waals surface area contributed by atoms with Crippen LogP contribution in [0, 0.1) is 5.92 Å². The van der Waals surface area contributed by atoms with Gasteiger partial charge in [0, 0.05) is 18.2 Å². The number of rotatable bonds is 4. The van der Waals surface area contributed by atoms with Crippen LogP contribution in [0.2, 0.25) is 8.67 Å². The summed E-state index contributed by atoms with van der Waals surface area (Å²) in [6.45, 7) is 10.2. The Labute approximate surface area is 261 Å². The number of nitrogens with one attached hydrogen (secondary N) is 3.